The Morgan fingerprint density at radius 1 is 1.14 bits per heavy atom. The molecule has 6 nitrogen and oxygen atoms in total. The standard InChI is InChI=1S/C31H47N3O3/c1-5-11-24-17-26(16-22-12-7-6-8-13-22)34(30(24)37)21-27(35)20-33-19-25-15-10-9-14-23(25)18-28(33)29(36)32-31(2,3)4/h5-8,12-13,23-28,35H,1,9-11,14-21H2,2-4H3,(H,32,36)/t23-,24?,25+,26?,27?,28?/m0/s1. The monoisotopic (exact) mass is 509 g/mol. The Morgan fingerprint density at radius 2 is 1.84 bits per heavy atom. The van der Waals surface area contributed by atoms with Gasteiger partial charge in [0.2, 0.25) is 11.8 Å². The number of benzene rings is 1. The van der Waals surface area contributed by atoms with Crippen molar-refractivity contribution in [1.82, 2.24) is 15.1 Å². The van der Waals surface area contributed by atoms with E-state index in [4.69, 9.17) is 0 Å². The summed E-state index contributed by atoms with van der Waals surface area (Å²) in [4.78, 5) is 30.8. The fourth-order valence-electron chi connectivity index (χ4n) is 6.87. The van der Waals surface area contributed by atoms with Gasteiger partial charge in [0.15, 0.2) is 0 Å². The van der Waals surface area contributed by atoms with Gasteiger partial charge in [0.25, 0.3) is 0 Å². The van der Waals surface area contributed by atoms with Crippen LogP contribution in [0.5, 0.6) is 0 Å². The number of hydrogen-bond donors (Lipinski definition) is 2. The van der Waals surface area contributed by atoms with Crippen LogP contribution in [-0.2, 0) is 16.0 Å². The number of piperidine rings is 1. The first-order valence-corrected chi connectivity index (χ1v) is 14.3. The van der Waals surface area contributed by atoms with Crippen molar-refractivity contribution < 1.29 is 14.7 Å². The summed E-state index contributed by atoms with van der Waals surface area (Å²) >= 11 is 0. The molecule has 2 aliphatic heterocycles. The minimum absolute atomic E-state index is 0.0639. The van der Waals surface area contributed by atoms with Crippen LogP contribution in [0, 0.1) is 17.8 Å². The molecule has 6 heteroatoms. The number of rotatable bonds is 9. The molecule has 1 aromatic rings. The van der Waals surface area contributed by atoms with Gasteiger partial charge in [-0.05, 0) is 70.3 Å². The third kappa shape index (κ3) is 7.23. The molecule has 1 aliphatic carbocycles. The lowest BCUT2D eigenvalue weighted by atomic mass is 9.72. The zero-order valence-corrected chi connectivity index (χ0v) is 23.1. The Hall–Kier alpha value is -2.18. The highest BCUT2D eigenvalue weighted by atomic mass is 16.3. The number of likely N-dealkylation sites (tertiary alicyclic amines) is 2. The van der Waals surface area contributed by atoms with Crippen molar-refractivity contribution in [2.45, 2.75) is 95.9 Å². The zero-order chi connectivity index (χ0) is 26.6. The average molecular weight is 510 g/mol. The van der Waals surface area contributed by atoms with Crippen molar-refractivity contribution >= 4 is 11.8 Å². The predicted molar refractivity (Wildman–Crippen MR) is 148 cm³/mol. The van der Waals surface area contributed by atoms with Crippen LogP contribution in [0.2, 0.25) is 0 Å². The van der Waals surface area contributed by atoms with Gasteiger partial charge in [-0.25, -0.2) is 0 Å². The molecule has 2 amide bonds. The van der Waals surface area contributed by atoms with Gasteiger partial charge in [-0.1, -0.05) is 55.7 Å². The van der Waals surface area contributed by atoms with Crippen LogP contribution >= 0.6 is 0 Å². The molecule has 6 atom stereocenters. The third-order valence-corrected chi connectivity index (χ3v) is 8.55. The molecule has 0 aromatic heterocycles. The molecule has 37 heavy (non-hydrogen) atoms. The molecule has 4 unspecified atom stereocenters. The number of carbonyl (C=O) groups excluding carboxylic acids is 2. The fraction of sp³-hybridized carbons (Fsp3) is 0.677. The molecule has 2 saturated heterocycles. The number of nitrogens with one attached hydrogen (secondary N) is 1. The van der Waals surface area contributed by atoms with Crippen LogP contribution in [0.25, 0.3) is 0 Å². The van der Waals surface area contributed by atoms with Crippen LogP contribution in [0.15, 0.2) is 43.0 Å². The molecule has 2 heterocycles. The smallest absolute Gasteiger partial charge is 0.237 e. The van der Waals surface area contributed by atoms with E-state index >= 15 is 0 Å². The number of aliphatic hydroxyl groups is 1. The maximum atomic E-state index is 13.3. The summed E-state index contributed by atoms with van der Waals surface area (Å²) in [5.74, 6) is 1.30. The van der Waals surface area contributed by atoms with Crippen LogP contribution in [0.4, 0.5) is 0 Å². The number of nitrogens with zero attached hydrogens (tertiary/aromatic N) is 2. The lowest BCUT2D eigenvalue weighted by Gasteiger charge is -2.46. The van der Waals surface area contributed by atoms with Gasteiger partial charge in [0.05, 0.1) is 12.1 Å². The lowest BCUT2D eigenvalue weighted by molar-refractivity contribution is -0.136. The van der Waals surface area contributed by atoms with Gasteiger partial charge in [0, 0.05) is 37.1 Å². The summed E-state index contributed by atoms with van der Waals surface area (Å²) in [5, 5.41) is 14.5. The quantitative estimate of drug-likeness (QED) is 0.490. The maximum Gasteiger partial charge on any atom is 0.237 e. The van der Waals surface area contributed by atoms with E-state index in [1.165, 1.54) is 31.2 Å². The zero-order valence-electron chi connectivity index (χ0n) is 23.1. The molecule has 1 aromatic carbocycles. The second-order valence-electron chi connectivity index (χ2n) is 12.7. The van der Waals surface area contributed by atoms with Crippen molar-refractivity contribution in [2.75, 3.05) is 19.6 Å². The molecule has 0 spiro atoms. The highest BCUT2D eigenvalue weighted by Gasteiger charge is 2.43. The third-order valence-electron chi connectivity index (χ3n) is 8.55. The summed E-state index contributed by atoms with van der Waals surface area (Å²) in [6.07, 6.45) is 9.15. The predicted octanol–water partition coefficient (Wildman–Crippen LogP) is 4.18. The number of fused-ring (bicyclic) bond motifs is 1. The largest absolute Gasteiger partial charge is 0.390 e. The normalized spacial score (nSPS) is 29.6. The van der Waals surface area contributed by atoms with Crippen molar-refractivity contribution in [3.63, 3.8) is 0 Å². The molecule has 3 fully saturated rings. The van der Waals surface area contributed by atoms with Crippen molar-refractivity contribution in [2.24, 2.45) is 17.8 Å². The van der Waals surface area contributed by atoms with E-state index in [9.17, 15) is 14.7 Å². The SMILES string of the molecule is C=CCC1CC(Cc2ccccc2)N(CC(O)CN2C[C@H]3CCCC[C@H]3CC2C(=O)NC(C)(C)C)C1=O. The van der Waals surface area contributed by atoms with E-state index in [-0.39, 0.29) is 35.4 Å². The summed E-state index contributed by atoms with van der Waals surface area (Å²) in [6, 6.07) is 10.1. The number of carbonyl (C=O) groups is 2. The van der Waals surface area contributed by atoms with E-state index in [0.717, 1.165) is 25.8 Å². The van der Waals surface area contributed by atoms with E-state index in [0.29, 0.717) is 31.3 Å². The van der Waals surface area contributed by atoms with Gasteiger partial charge in [-0.2, -0.15) is 0 Å². The first kappa shape index (κ1) is 27.8. The first-order valence-electron chi connectivity index (χ1n) is 14.3. The highest BCUT2D eigenvalue weighted by Crippen LogP contribution is 2.39. The van der Waals surface area contributed by atoms with Gasteiger partial charge in [-0.3, -0.25) is 14.5 Å². The summed E-state index contributed by atoms with van der Waals surface area (Å²) in [7, 11) is 0. The summed E-state index contributed by atoms with van der Waals surface area (Å²) in [6.45, 7) is 11.5. The second-order valence-corrected chi connectivity index (χ2v) is 12.7. The first-order chi connectivity index (χ1) is 17.6. The number of hydrogen-bond acceptors (Lipinski definition) is 4. The van der Waals surface area contributed by atoms with Crippen molar-refractivity contribution in [3.8, 4) is 0 Å². The minimum atomic E-state index is -0.699. The van der Waals surface area contributed by atoms with Crippen LogP contribution in [0.3, 0.4) is 0 Å². The number of allylic oxidation sites excluding steroid dienone is 1. The van der Waals surface area contributed by atoms with E-state index in [1.54, 1.807) is 0 Å². The van der Waals surface area contributed by atoms with Gasteiger partial charge < -0.3 is 15.3 Å². The van der Waals surface area contributed by atoms with Crippen molar-refractivity contribution in [1.29, 1.82) is 0 Å². The molecule has 1 saturated carbocycles. The molecule has 0 bridgehead atoms. The molecule has 0 radical (unpaired) electrons. The number of aliphatic hydroxyl groups excluding tert-OH is 1. The van der Waals surface area contributed by atoms with Crippen molar-refractivity contribution in [3.05, 3.63) is 48.6 Å². The molecule has 204 valence electrons. The Kier molecular flexibility index (Phi) is 9.12. The fourth-order valence-corrected chi connectivity index (χ4v) is 6.87. The van der Waals surface area contributed by atoms with Gasteiger partial charge >= 0.3 is 0 Å². The average Bonchev–Trinajstić information content (AvgIpc) is 3.12. The highest BCUT2D eigenvalue weighted by molar-refractivity contribution is 5.83. The Balaban J connectivity index is 1.46. The molecular weight excluding hydrogens is 462 g/mol. The Morgan fingerprint density at radius 3 is 2.51 bits per heavy atom. The van der Waals surface area contributed by atoms with Crippen LogP contribution < -0.4 is 5.32 Å². The molecule has 4 rings (SSSR count). The van der Waals surface area contributed by atoms with Gasteiger partial charge in [0.1, 0.15) is 0 Å². The van der Waals surface area contributed by atoms with Gasteiger partial charge in [-0.15, -0.1) is 6.58 Å². The minimum Gasteiger partial charge on any atom is -0.390 e. The lowest BCUT2D eigenvalue weighted by Crippen LogP contribution is -2.59. The van der Waals surface area contributed by atoms with E-state index in [2.05, 4.69) is 28.9 Å². The second kappa shape index (κ2) is 12.1. The van der Waals surface area contributed by atoms with E-state index < -0.39 is 6.10 Å². The number of amides is 2. The maximum absolute atomic E-state index is 13.3. The molecule has 2 N–H and O–H groups in total. The van der Waals surface area contributed by atoms with E-state index in [1.807, 2.05) is 49.9 Å². The summed E-state index contributed by atoms with van der Waals surface area (Å²) in [5.41, 5.74) is 0.912. The van der Waals surface area contributed by atoms with Crippen LogP contribution in [0.1, 0.15) is 71.3 Å². The summed E-state index contributed by atoms with van der Waals surface area (Å²) < 4.78 is 0. The molecule has 3 aliphatic rings. The van der Waals surface area contributed by atoms with Crippen LogP contribution in [-0.4, -0.2) is 70.1 Å². The molecular formula is C31H47N3O3. The Bertz CT molecular complexity index is 927. The number of β-amino-alcohol motifs (C(OH)–C–C–N with tert-alkyl or cyclic N) is 1. The Labute approximate surface area is 223 Å². The topological polar surface area (TPSA) is 72.9 Å².